The van der Waals surface area contributed by atoms with Crippen molar-refractivity contribution in [3.05, 3.63) is 17.5 Å². The van der Waals surface area contributed by atoms with Crippen LogP contribution in [-0.4, -0.2) is 36.8 Å². The summed E-state index contributed by atoms with van der Waals surface area (Å²) in [6, 6.07) is 0.385. The van der Waals surface area contributed by atoms with Crippen LogP contribution in [0.3, 0.4) is 0 Å². The molecule has 0 aromatic carbocycles. The molecule has 6 heteroatoms. The van der Waals surface area contributed by atoms with Crippen LogP contribution in [0.15, 0.2) is 6.20 Å². The zero-order valence-electron chi connectivity index (χ0n) is 11.7. The minimum Gasteiger partial charge on any atom is -0.310 e. The minimum atomic E-state index is -2.93. The van der Waals surface area contributed by atoms with Gasteiger partial charge < -0.3 is 5.32 Å². The first-order valence-electron chi connectivity index (χ1n) is 6.97. The predicted molar refractivity (Wildman–Crippen MR) is 75.9 cm³/mol. The Bertz CT molecular complexity index is 522. The lowest BCUT2D eigenvalue weighted by molar-refractivity contribution is 0.449. The quantitative estimate of drug-likeness (QED) is 0.856. The van der Waals surface area contributed by atoms with Crippen LogP contribution in [0.5, 0.6) is 0 Å². The molecule has 0 saturated heterocycles. The van der Waals surface area contributed by atoms with Gasteiger partial charge in [-0.15, -0.1) is 0 Å². The van der Waals surface area contributed by atoms with Crippen molar-refractivity contribution in [2.45, 2.75) is 45.2 Å². The lowest BCUT2D eigenvalue weighted by Gasteiger charge is -2.24. The molecular formula is C13H23N3O2S. The van der Waals surface area contributed by atoms with E-state index in [1.807, 2.05) is 10.9 Å². The number of hydrogen-bond acceptors (Lipinski definition) is 4. The molecule has 1 atom stereocenters. The first kappa shape index (κ1) is 14.5. The average Bonchev–Trinajstić information content (AvgIpc) is 2.76. The number of nitrogens with one attached hydrogen (secondary N) is 1. The molecule has 108 valence electrons. The Morgan fingerprint density at radius 2 is 2.32 bits per heavy atom. The van der Waals surface area contributed by atoms with Crippen LogP contribution < -0.4 is 5.32 Å². The predicted octanol–water partition coefficient (Wildman–Crippen LogP) is 1.30. The molecule has 1 aromatic heterocycles. The molecule has 1 heterocycles. The summed E-state index contributed by atoms with van der Waals surface area (Å²) in [5.74, 6) is 0.161. The van der Waals surface area contributed by atoms with E-state index in [4.69, 9.17) is 0 Å². The van der Waals surface area contributed by atoms with Gasteiger partial charge in [-0.1, -0.05) is 6.92 Å². The Labute approximate surface area is 115 Å². The molecule has 1 N–H and O–H groups in total. The lowest BCUT2D eigenvalue weighted by Crippen LogP contribution is -2.26. The molecule has 0 radical (unpaired) electrons. The van der Waals surface area contributed by atoms with Crippen LogP contribution in [-0.2, 0) is 22.8 Å². The summed E-state index contributed by atoms with van der Waals surface area (Å²) in [6.45, 7) is 3.64. The van der Waals surface area contributed by atoms with Crippen molar-refractivity contribution in [3.8, 4) is 0 Å². The third kappa shape index (κ3) is 3.79. The van der Waals surface area contributed by atoms with E-state index in [-0.39, 0.29) is 5.75 Å². The number of hydrogen-bond donors (Lipinski definition) is 1. The highest BCUT2D eigenvalue weighted by molar-refractivity contribution is 7.90. The molecule has 0 spiro atoms. The van der Waals surface area contributed by atoms with Crippen molar-refractivity contribution in [2.75, 3.05) is 18.6 Å². The second-order valence-corrected chi connectivity index (χ2v) is 7.56. The first-order chi connectivity index (χ1) is 9.01. The van der Waals surface area contributed by atoms with Gasteiger partial charge in [0.1, 0.15) is 9.84 Å². The van der Waals surface area contributed by atoms with E-state index >= 15 is 0 Å². The van der Waals surface area contributed by atoms with Crippen LogP contribution in [0.2, 0.25) is 0 Å². The van der Waals surface area contributed by atoms with Gasteiger partial charge in [-0.3, -0.25) is 4.68 Å². The normalized spacial score (nSPS) is 19.4. The van der Waals surface area contributed by atoms with E-state index < -0.39 is 9.84 Å². The van der Waals surface area contributed by atoms with Crippen LogP contribution >= 0.6 is 0 Å². The fourth-order valence-electron chi connectivity index (χ4n) is 2.59. The third-order valence-electron chi connectivity index (χ3n) is 3.58. The number of nitrogens with zero attached hydrogens (tertiary/aromatic N) is 2. The Hall–Kier alpha value is -0.880. The maximum Gasteiger partial charge on any atom is 0.149 e. The summed E-state index contributed by atoms with van der Waals surface area (Å²) < 4.78 is 24.4. The molecule has 0 aliphatic heterocycles. The van der Waals surface area contributed by atoms with Gasteiger partial charge in [0.05, 0.1) is 18.5 Å². The molecule has 19 heavy (non-hydrogen) atoms. The minimum absolute atomic E-state index is 0.161. The number of aromatic nitrogens is 2. The maximum absolute atomic E-state index is 11.2. The van der Waals surface area contributed by atoms with Gasteiger partial charge in [0.2, 0.25) is 0 Å². The van der Waals surface area contributed by atoms with Crippen LogP contribution in [0.1, 0.15) is 43.5 Å². The van der Waals surface area contributed by atoms with E-state index in [0.29, 0.717) is 12.6 Å². The topological polar surface area (TPSA) is 64.0 Å². The van der Waals surface area contributed by atoms with E-state index in [1.165, 1.54) is 17.5 Å². The van der Waals surface area contributed by atoms with Crippen LogP contribution in [0, 0.1) is 0 Å². The highest BCUT2D eigenvalue weighted by atomic mass is 32.2. The number of aryl methyl sites for hydroxylation is 1. The molecule has 0 amide bonds. The first-order valence-corrected chi connectivity index (χ1v) is 9.03. The highest BCUT2D eigenvalue weighted by Gasteiger charge is 2.23. The largest absolute Gasteiger partial charge is 0.310 e. The van der Waals surface area contributed by atoms with E-state index in [2.05, 4.69) is 17.3 Å². The smallest absolute Gasteiger partial charge is 0.149 e. The number of rotatable bonds is 6. The van der Waals surface area contributed by atoms with Gasteiger partial charge in [-0.2, -0.15) is 5.10 Å². The SMILES string of the molecule is CCCNC1CCCc2c1cnn2CCS(C)(=O)=O. The molecule has 1 aromatic rings. The Balaban J connectivity index is 2.10. The Kier molecular flexibility index (Phi) is 4.62. The zero-order chi connectivity index (χ0) is 13.9. The van der Waals surface area contributed by atoms with Crippen molar-refractivity contribution in [1.29, 1.82) is 0 Å². The van der Waals surface area contributed by atoms with Gasteiger partial charge in [-0.05, 0) is 32.2 Å². The van der Waals surface area contributed by atoms with Gasteiger partial charge >= 0.3 is 0 Å². The molecule has 5 nitrogen and oxygen atoms in total. The standard InChI is InChI=1S/C13H23N3O2S/c1-3-7-14-12-5-4-6-13-11(12)10-15-16(13)8-9-19(2,17)18/h10,12,14H,3-9H2,1-2H3. The van der Waals surface area contributed by atoms with Gasteiger partial charge in [-0.25, -0.2) is 8.42 Å². The number of fused-ring (bicyclic) bond motifs is 1. The molecule has 1 aliphatic carbocycles. The van der Waals surface area contributed by atoms with Crippen LogP contribution in [0.25, 0.3) is 0 Å². The summed E-state index contributed by atoms with van der Waals surface area (Å²) in [4.78, 5) is 0. The van der Waals surface area contributed by atoms with E-state index in [9.17, 15) is 8.42 Å². The Morgan fingerprint density at radius 1 is 1.53 bits per heavy atom. The molecule has 2 rings (SSSR count). The molecule has 0 fully saturated rings. The summed E-state index contributed by atoms with van der Waals surface area (Å²) in [7, 11) is -2.93. The maximum atomic E-state index is 11.2. The fraction of sp³-hybridized carbons (Fsp3) is 0.769. The lowest BCUT2D eigenvalue weighted by atomic mass is 9.93. The molecule has 1 unspecified atom stereocenters. The van der Waals surface area contributed by atoms with Gasteiger partial charge in [0.25, 0.3) is 0 Å². The van der Waals surface area contributed by atoms with Crippen molar-refractivity contribution in [3.63, 3.8) is 0 Å². The molecular weight excluding hydrogens is 262 g/mol. The summed E-state index contributed by atoms with van der Waals surface area (Å²) >= 11 is 0. The zero-order valence-corrected chi connectivity index (χ0v) is 12.5. The van der Waals surface area contributed by atoms with Gasteiger partial charge in [0.15, 0.2) is 0 Å². The average molecular weight is 285 g/mol. The summed E-state index contributed by atoms with van der Waals surface area (Å²) in [5, 5.41) is 7.91. The van der Waals surface area contributed by atoms with Crippen LogP contribution in [0.4, 0.5) is 0 Å². The molecule has 1 aliphatic rings. The number of sulfone groups is 1. The Morgan fingerprint density at radius 3 is 3.00 bits per heavy atom. The third-order valence-corrected chi connectivity index (χ3v) is 4.50. The summed E-state index contributed by atoms with van der Waals surface area (Å²) in [5.41, 5.74) is 2.47. The van der Waals surface area contributed by atoms with Crippen molar-refractivity contribution in [2.24, 2.45) is 0 Å². The molecule has 0 saturated carbocycles. The van der Waals surface area contributed by atoms with Crippen molar-refractivity contribution < 1.29 is 8.42 Å². The monoisotopic (exact) mass is 285 g/mol. The highest BCUT2D eigenvalue weighted by Crippen LogP contribution is 2.29. The van der Waals surface area contributed by atoms with Gasteiger partial charge in [0, 0.05) is 23.6 Å². The van der Waals surface area contributed by atoms with E-state index in [1.54, 1.807) is 0 Å². The second-order valence-electron chi connectivity index (χ2n) is 5.30. The second kappa shape index (κ2) is 6.05. The molecule has 0 bridgehead atoms. The van der Waals surface area contributed by atoms with Crippen molar-refractivity contribution in [1.82, 2.24) is 15.1 Å². The van der Waals surface area contributed by atoms with Crippen molar-refractivity contribution >= 4 is 9.84 Å². The van der Waals surface area contributed by atoms with E-state index in [0.717, 1.165) is 32.2 Å². The summed E-state index contributed by atoms with van der Waals surface area (Å²) in [6.07, 6.45) is 7.58. The fourth-order valence-corrected chi connectivity index (χ4v) is 3.10.